The number of nitrogens with one attached hydrogen (secondary N) is 1. The minimum absolute atomic E-state index is 0.384. The lowest BCUT2D eigenvalue weighted by Gasteiger charge is -2.40. The third-order valence-corrected chi connectivity index (χ3v) is 5.24. The van der Waals surface area contributed by atoms with E-state index >= 15 is 0 Å². The van der Waals surface area contributed by atoms with Gasteiger partial charge in [0.1, 0.15) is 0 Å². The SMILES string of the molecule is CNCC1(CN2CCC(CO)CC2)CCCCCC1. The Morgan fingerprint density at radius 2 is 1.74 bits per heavy atom. The van der Waals surface area contributed by atoms with Gasteiger partial charge in [-0.3, -0.25) is 0 Å². The number of hydrogen-bond donors (Lipinski definition) is 2. The van der Waals surface area contributed by atoms with Crippen LogP contribution in [0.25, 0.3) is 0 Å². The summed E-state index contributed by atoms with van der Waals surface area (Å²) in [6, 6.07) is 0. The molecule has 2 N–H and O–H groups in total. The Bertz CT molecular complexity index is 241. The van der Waals surface area contributed by atoms with E-state index in [-0.39, 0.29) is 0 Å². The molecule has 1 saturated carbocycles. The lowest BCUT2D eigenvalue weighted by molar-refractivity contribution is 0.0797. The zero-order valence-electron chi connectivity index (χ0n) is 12.7. The Morgan fingerprint density at radius 1 is 1.11 bits per heavy atom. The van der Waals surface area contributed by atoms with Crippen LogP contribution in [0.1, 0.15) is 51.4 Å². The van der Waals surface area contributed by atoms with Crippen LogP contribution >= 0.6 is 0 Å². The Hall–Kier alpha value is -0.120. The number of aliphatic hydroxyl groups excluding tert-OH is 1. The molecule has 0 spiro atoms. The van der Waals surface area contributed by atoms with Crippen LogP contribution < -0.4 is 5.32 Å². The molecule has 112 valence electrons. The third-order valence-electron chi connectivity index (χ3n) is 5.24. The molecule has 2 aliphatic rings. The van der Waals surface area contributed by atoms with Crippen LogP contribution in [0.5, 0.6) is 0 Å². The second kappa shape index (κ2) is 7.61. The largest absolute Gasteiger partial charge is 0.396 e. The Kier molecular flexibility index (Phi) is 6.11. The highest BCUT2D eigenvalue weighted by Crippen LogP contribution is 2.36. The van der Waals surface area contributed by atoms with E-state index in [9.17, 15) is 5.11 Å². The van der Waals surface area contributed by atoms with Crippen molar-refractivity contribution in [1.29, 1.82) is 0 Å². The molecule has 0 amide bonds. The van der Waals surface area contributed by atoms with E-state index in [1.807, 2.05) is 0 Å². The van der Waals surface area contributed by atoms with Gasteiger partial charge in [-0.05, 0) is 57.2 Å². The minimum Gasteiger partial charge on any atom is -0.396 e. The predicted octanol–water partition coefficient (Wildman–Crippen LogP) is 2.25. The quantitative estimate of drug-likeness (QED) is 0.751. The van der Waals surface area contributed by atoms with E-state index < -0.39 is 0 Å². The maximum atomic E-state index is 9.24. The fourth-order valence-corrected chi connectivity index (χ4v) is 4.05. The predicted molar refractivity (Wildman–Crippen MR) is 80.3 cm³/mol. The molecule has 1 heterocycles. The van der Waals surface area contributed by atoms with Gasteiger partial charge >= 0.3 is 0 Å². The summed E-state index contributed by atoms with van der Waals surface area (Å²) in [4.78, 5) is 2.66. The van der Waals surface area contributed by atoms with Crippen molar-refractivity contribution in [1.82, 2.24) is 10.2 Å². The average Bonchev–Trinajstić information content (AvgIpc) is 2.66. The van der Waals surface area contributed by atoms with Crippen LogP contribution in [0.15, 0.2) is 0 Å². The lowest BCUT2D eigenvalue weighted by atomic mass is 9.79. The first-order valence-electron chi connectivity index (χ1n) is 8.26. The van der Waals surface area contributed by atoms with Crippen LogP contribution in [-0.2, 0) is 0 Å². The average molecular weight is 268 g/mol. The van der Waals surface area contributed by atoms with Crippen molar-refractivity contribution in [3.63, 3.8) is 0 Å². The second-order valence-electron chi connectivity index (χ2n) is 6.85. The molecule has 2 fully saturated rings. The number of aliphatic hydroxyl groups is 1. The van der Waals surface area contributed by atoms with Gasteiger partial charge < -0.3 is 15.3 Å². The van der Waals surface area contributed by atoms with Crippen molar-refractivity contribution in [3.05, 3.63) is 0 Å². The highest BCUT2D eigenvalue weighted by Gasteiger charge is 2.33. The third kappa shape index (κ3) is 4.44. The summed E-state index contributed by atoms with van der Waals surface area (Å²) in [6.07, 6.45) is 10.8. The summed E-state index contributed by atoms with van der Waals surface area (Å²) in [6.45, 7) is 5.21. The molecule has 3 nitrogen and oxygen atoms in total. The molecule has 0 bridgehead atoms. The Morgan fingerprint density at radius 3 is 2.26 bits per heavy atom. The zero-order valence-corrected chi connectivity index (χ0v) is 12.7. The van der Waals surface area contributed by atoms with Crippen molar-refractivity contribution < 1.29 is 5.11 Å². The number of hydrogen-bond acceptors (Lipinski definition) is 3. The molecule has 2 rings (SSSR count). The van der Waals surface area contributed by atoms with E-state index in [4.69, 9.17) is 0 Å². The van der Waals surface area contributed by atoms with Crippen molar-refractivity contribution in [2.24, 2.45) is 11.3 Å². The normalized spacial score (nSPS) is 26.2. The maximum Gasteiger partial charge on any atom is 0.0460 e. The monoisotopic (exact) mass is 268 g/mol. The highest BCUT2D eigenvalue weighted by atomic mass is 16.3. The summed E-state index contributed by atoms with van der Waals surface area (Å²) in [5, 5.41) is 12.7. The second-order valence-corrected chi connectivity index (χ2v) is 6.85. The van der Waals surface area contributed by atoms with E-state index in [2.05, 4.69) is 17.3 Å². The topological polar surface area (TPSA) is 35.5 Å². The van der Waals surface area contributed by atoms with Gasteiger partial charge in [0, 0.05) is 19.7 Å². The van der Waals surface area contributed by atoms with Gasteiger partial charge in [0.15, 0.2) is 0 Å². The Balaban J connectivity index is 1.89. The molecular formula is C16H32N2O. The summed E-state index contributed by atoms with van der Waals surface area (Å²) in [7, 11) is 2.10. The van der Waals surface area contributed by atoms with Gasteiger partial charge in [-0.25, -0.2) is 0 Å². The van der Waals surface area contributed by atoms with Crippen molar-refractivity contribution in [2.75, 3.05) is 39.8 Å². The van der Waals surface area contributed by atoms with Crippen LogP contribution in [0.3, 0.4) is 0 Å². The summed E-state index contributed by atoms with van der Waals surface area (Å²) in [5.74, 6) is 0.561. The van der Waals surface area contributed by atoms with Gasteiger partial charge in [0.25, 0.3) is 0 Å². The molecule has 1 aliphatic heterocycles. The van der Waals surface area contributed by atoms with E-state index in [1.165, 1.54) is 77.5 Å². The first-order valence-corrected chi connectivity index (χ1v) is 8.26. The number of piperidine rings is 1. The highest BCUT2D eigenvalue weighted by molar-refractivity contribution is 4.88. The lowest BCUT2D eigenvalue weighted by Crippen LogP contribution is -2.46. The number of likely N-dealkylation sites (tertiary alicyclic amines) is 1. The fourth-order valence-electron chi connectivity index (χ4n) is 4.05. The smallest absolute Gasteiger partial charge is 0.0460 e. The fraction of sp³-hybridized carbons (Fsp3) is 1.00. The molecule has 3 heteroatoms. The van der Waals surface area contributed by atoms with E-state index in [0.717, 1.165) is 0 Å². The number of rotatable bonds is 5. The molecular weight excluding hydrogens is 236 g/mol. The summed E-state index contributed by atoms with van der Waals surface area (Å²) < 4.78 is 0. The minimum atomic E-state index is 0.384. The van der Waals surface area contributed by atoms with Crippen molar-refractivity contribution >= 4 is 0 Å². The molecule has 1 saturated heterocycles. The van der Waals surface area contributed by atoms with E-state index in [1.54, 1.807) is 0 Å². The van der Waals surface area contributed by atoms with Gasteiger partial charge in [-0.2, -0.15) is 0 Å². The van der Waals surface area contributed by atoms with Crippen molar-refractivity contribution in [2.45, 2.75) is 51.4 Å². The molecule has 19 heavy (non-hydrogen) atoms. The molecule has 0 atom stereocenters. The zero-order chi connectivity index (χ0) is 13.6. The first kappa shape index (κ1) is 15.3. The molecule has 0 radical (unpaired) electrons. The van der Waals surface area contributed by atoms with Gasteiger partial charge in [-0.1, -0.05) is 25.7 Å². The molecule has 0 unspecified atom stereocenters. The van der Waals surface area contributed by atoms with Gasteiger partial charge in [0.05, 0.1) is 0 Å². The molecule has 0 aromatic carbocycles. The van der Waals surface area contributed by atoms with Crippen LogP contribution in [0, 0.1) is 11.3 Å². The molecule has 0 aromatic heterocycles. The molecule has 1 aliphatic carbocycles. The summed E-state index contributed by atoms with van der Waals surface area (Å²) >= 11 is 0. The van der Waals surface area contributed by atoms with Gasteiger partial charge in [-0.15, -0.1) is 0 Å². The van der Waals surface area contributed by atoms with Gasteiger partial charge in [0.2, 0.25) is 0 Å². The maximum absolute atomic E-state index is 9.24. The number of nitrogens with zero attached hydrogens (tertiary/aromatic N) is 1. The Labute approximate surface area is 118 Å². The first-order chi connectivity index (χ1) is 9.28. The van der Waals surface area contributed by atoms with Crippen LogP contribution in [-0.4, -0.2) is 49.8 Å². The van der Waals surface area contributed by atoms with E-state index in [0.29, 0.717) is 17.9 Å². The standard InChI is InChI=1S/C16H32N2O/c1-17-13-16(8-4-2-3-5-9-16)14-18-10-6-15(12-19)7-11-18/h15,17,19H,2-14H2,1H3. The van der Waals surface area contributed by atoms with Crippen LogP contribution in [0.2, 0.25) is 0 Å². The summed E-state index contributed by atoms with van der Waals surface area (Å²) in [5.41, 5.74) is 0.511. The van der Waals surface area contributed by atoms with Crippen LogP contribution in [0.4, 0.5) is 0 Å². The van der Waals surface area contributed by atoms with Crippen molar-refractivity contribution in [3.8, 4) is 0 Å². The molecule has 0 aromatic rings.